The molecule has 2 heterocycles. The Bertz CT molecular complexity index is 940. The van der Waals surface area contributed by atoms with Gasteiger partial charge in [0, 0.05) is 38.9 Å². The van der Waals surface area contributed by atoms with Crippen molar-refractivity contribution in [3.8, 4) is 0 Å². The van der Waals surface area contributed by atoms with Gasteiger partial charge in [0.1, 0.15) is 10.7 Å². The third-order valence-electron chi connectivity index (χ3n) is 5.08. The zero-order valence-electron chi connectivity index (χ0n) is 17.8. The molecule has 1 aliphatic heterocycles. The predicted molar refractivity (Wildman–Crippen MR) is 114 cm³/mol. The van der Waals surface area contributed by atoms with Crippen LogP contribution in [0.5, 0.6) is 0 Å². The standard InChI is InChI=1S/C17H31N5O6S2/c1-14-5-6-15(16(20-14)21(2)8-7-18-29(4,24)25)30(26,27)19-11-17(12-23)13-28-10-9-22(17)3/h5-6,18-19,23H,7-13H2,1-4H3. The van der Waals surface area contributed by atoms with Crippen LogP contribution in [-0.2, 0) is 24.8 Å². The molecule has 11 nitrogen and oxygen atoms in total. The van der Waals surface area contributed by atoms with Crippen LogP contribution in [0.25, 0.3) is 0 Å². The number of aliphatic hydroxyl groups excluding tert-OH is 1. The molecule has 1 aliphatic rings. The minimum Gasteiger partial charge on any atom is -0.394 e. The summed E-state index contributed by atoms with van der Waals surface area (Å²) >= 11 is 0. The number of ether oxygens (including phenoxy) is 1. The first kappa shape index (κ1) is 24.9. The number of rotatable bonds is 10. The molecule has 1 aromatic rings. The largest absolute Gasteiger partial charge is 0.394 e. The highest BCUT2D eigenvalue weighted by molar-refractivity contribution is 7.89. The molecule has 1 aromatic heterocycles. The first-order chi connectivity index (χ1) is 13.9. The monoisotopic (exact) mass is 465 g/mol. The quantitative estimate of drug-likeness (QED) is 0.370. The Hall–Kier alpha value is -1.35. The Morgan fingerprint density at radius 1 is 1.30 bits per heavy atom. The molecule has 0 radical (unpaired) electrons. The van der Waals surface area contributed by atoms with E-state index >= 15 is 0 Å². The van der Waals surface area contributed by atoms with E-state index in [4.69, 9.17) is 4.74 Å². The topological polar surface area (TPSA) is 141 Å². The van der Waals surface area contributed by atoms with Crippen LogP contribution in [0.1, 0.15) is 5.69 Å². The summed E-state index contributed by atoms with van der Waals surface area (Å²) in [6, 6.07) is 3.06. The van der Waals surface area contributed by atoms with Gasteiger partial charge in [-0.1, -0.05) is 0 Å². The van der Waals surface area contributed by atoms with Crippen molar-refractivity contribution in [3.05, 3.63) is 17.8 Å². The molecule has 13 heteroatoms. The predicted octanol–water partition coefficient (Wildman–Crippen LogP) is -1.65. The van der Waals surface area contributed by atoms with E-state index in [2.05, 4.69) is 14.4 Å². The third kappa shape index (κ3) is 6.33. The first-order valence-electron chi connectivity index (χ1n) is 9.43. The van der Waals surface area contributed by atoms with Gasteiger partial charge in [-0.25, -0.2) is 31.3 Å². The molecule has 0 amide bonds. The van der Waals surface area contributed by atoms with Gasteiger partial charge < -0.3 is 14.7 Å². The Morgan fingerprint density at radius 3 is 2.60 bits per heavy atom. The first-order valence-corrected chi connectivity index (χ1v) is 12.8. The summed E-state index contributed by atoms with van der Waals surface area (Å²) in [5.41, 5.74) is -0.228. The van der Waals surface area contributed by atoms with Crippen LogP contribution in [0.2, 0.25) is 0 Å². The molecule has 30 heavy (non-hydrogen) atoms. The van der Waals surface area contributed by atoms with Crippen molar-refractivity contribution < 1.29 is 26.7 Å². The smallest absolute Gasteiger partial charge is 0.244 e. The van der Waals surface area contributed by atoms with Gasteiger partial charge >= 0.3 is 0 Å². The fourth-order valence-electron chi connectivity index (χ4n) is 3.04. The van der Waals surface area contributed by atoms with Gasteiger partial charge in [0.05, 0.1) is 31.6 Å². The second-order valence-electron chi connectivity index (χ2n) is 7.54. The van der Waals surface area contributed by atoms with E-state index in [1.54, 1.807) is 24.9 Å². The van der Waals surface area contributed by atoms with Gasteiger partial charge in [-0.3, -0.25) is 4.90 Å². The van der Waals surface area contributed by atoms with E-state index in [1.807, 2.05) is 11.9 Å². The highest BCUT2D eigenvalue weighted by Gasteiger charge is 2.38. The van der Waals surface area contributed by atoms with Crippen LogP contribution in [0.3, 0.4) is 0 Å². The second kappa shape index (κ2) is 9.85. The summed E-state index contributed by atoms with van der Waals surface area (Å²) in [7, 11) is -3.86. The Labute approximate surface area is 178 Å². The number of aliphatic hydroxyl groups is 1. The van der Waals surface area contributed by atoms with Gasteiger partial charge in [-0.15, -0.1) is 0 Å². The van der Waals surface area contributed by atoms with Crippen molar-refractivity contribution >= 4 is 25.9 Å². The molecule has 0 aromatic carbocycles. The zero-order valence-corrected chi connectivity index (χ0v) is 19.4. The molecule has 1 atom stereocenters. The van der Waals surface area contributed by atoms with Gasteiger partial charge in [0.2, 0.25) is 20.0 Å². The van der Waals surface area contributed by atoms with Crippen molar-refractivity contribution in [3.63, 3.8) is 0 Å². The summed E-state index contributed by atoms with van der Waals surface area (Å²) in [6.07, 6.45) is 1.06. The number of sulfonamides is 2. The normalized spacial score (nSPS) is 21.0. The van der Waals surface area contributed by atoms with Crippen molar-refractivity contribution in [1.29, 1.82) is 0 Å². The van der Waals surface area contributed by atoms with E-state index in [0.717, 1.165) is 6.26 Å². The highest BCUT2D eigenvalue weighted by atomic mass is 32.2. The summed E-state index contributed by atoms with van der Waals surface area (Å²) < 4.78 is 59.1. The van der Waals surface area contributed by atoms with Crippen molar-refractivity contribution in [2.24, 2.45) is 0 Å². The lowest BCUT2D eigenvalue weighted by atomic mass is 9.99. The molecule has 1 fully saturated rings. The maximum atomic E-state index is 13.1. The van der Waals surface area contributed by atoms with Gasteiger partial charge in [-0.2, -0.15) is 0 Å². The maximum Gasteiger partial charge on any atom is 0.244 e. The molecular formula is C17H31N5O6S2. The number of aryl methyl sites for hydroxylation is 1. The number of morpholine rings is 1. The molecular weight excluding hydrogens is 434 g/mol. The van der Waals surface area contributed by atoms with E-state index in [-0.39, 0.29) is 43.6 Å². The van der Waals surface area contributed by atoms with E-state index < -0.39 is 25.6 Å². The number of hydrogen-bond acceptors (Lipinski definition) is 9. The van der Waals surface area contributed by atoms with Crippen LogP contribution >= 0.6 is 0 Å². The Morgan fingerprint density at radius 2 is 2.00 bits per heavy atom. The number of nitrogens with zero attached hydrogens (tertiary/aromatic N) is 3. The van der Waals surface area contributed by atoms with Crippen LogP contribution < -0.4 is 14.3 Å². The molecule has 0 saturated carbocycles. The summed E-state index contributed by atoms with van der Waals surface area (Å²) in [5, 5.41) is 9.89. The molecule has 1 unspecified atom stereocenters. The van der Waals surface area contributed by atoms with Gasteiger partial charge in [0.15, 0.2) is 0 Å². The lowest BCUT2D eigenvalue weighted by molar-refractivity contribution is -0.0761. The van der Waals surface area contributed by atoms with Gasteiger partial charge in [0.25, 0.3) is 0 Å². The molecule has 0 bridgehead atoms. The zero-order chi connectivity index (χ0) is 22.6. The SMILES string of the molecule is Cc1ccc(S(=O)(=O)NCC2(CO)COCCN2C)c(N(C)CCNS(C)(=O)=O)n1. The lowest BCUT2D eigenvalue weighted by Crippen LogP contribution is -2.62. The number of likely N-dealkylation sites (N-methyl/N-ethyl adjacent to an activating group) is 2. The molecule has 2 rings (SSSR count). The number of hydrogen-bond donors (Lipinski definition) is 3. The van der Waals surface area contributed by atoms with E-state index in [1.165, 1.54) is 6.07 Å². The van der Waals surface area contributed by atoms with Crippen molar-refractivity contribution in [1.82, 2.24) is 19.3 Å². The van der Waals surface area contributed by atoms with Crippen LogP contribution in [-0.4, -0.2) is 104 Å². The summed E-state index contributed by atoms with van der Waals surface area (Å²) in [5.74, 6) is 0.212. The van der Waals surface area contributed by atoms with Crippen molar-refractivity contribution in [2.75, 3.05) is 71.3 Å². The summed E-state index contributed by atoms with van der Waals surface area (Å²) in [4.78, 5) is 7.79. The van der Waals surface area contributed by atoms with Crippen molar-refractivity contribution in [2.45, 2.75) is 17.4 Å². The number of pyridine rings is 1. The Kier molecular flexibility index (Phi) is 8.18. The Balaban J connectivity index is 2.22. The molecule has 0 spiro atoms. The fraction of sp³-hybridized carbons (Fsp3) is 0.706. The van der Waals surface area contributed by atoms with Crippen LogP contribution in [0, 0.1) is 6.92 Å². The lowest BCUT2D eigenvalue weighted by Gasteiger charge is -2.43. The molecule has 172 valence electrons. The highest BCUT2D eigenvalue weighted by Crippen LogP contribution is 2.24. The second-order valence-corrected chi connectivity index (χ2v) is 11.1. The minimum atomic E-state index is -3.96. The number of aromatic nitrogens is 1. The number of anilines is 1. The van der Waals surface area contributed by atoms with E-state index in [9.17, 15) is 21.9 Å². The average molecular weight is 466 g/mol. The fourth-order valence-corrected chi connectivity index (χ4v) is 4.81. The third-order valence-corrected chi connectivity index (χ3v) is 7.23. The minimum absolute atomic E-state index is 0.0255. The van der Waals surface area contributed by atoms with Crippen LogP contribution in [0.4, 0.5) is 5.82 Å². The molecule has 0 aliphatic carbocycles. The average Bonchev–Trinajstić information content (AvgIpc) is 2.66. The maximum absolute atomic E-state index is 13.1. The van der Waals surface area contributed by atoms with Crippen LogP contribution in [0.15, 0.2) is 17.0 Å². The van der Waals surface area contributed by atoms with Gasteiger partial charge in [-0.05, 0) is 26.1 Å². The van der Waals surface area contributed by atoms with E-state index in [0.29, 0.717) is 18.8 Å². The summed E-state index contributed by atoms with van der Waals surface area (Å²) in [6.45, 7) is 3.08. The molecule has 1 saturated heterocycles. The number of nitrogens with one attached hydrogen (secondary N) is 2. The molecule has 3 N–H and O–H groups in total.